The van der Waals surface area contributed by atoms with E-state index in [2.05, 4.69) is 127 Å². The van der Waals surface area contributed by atoms with Crippen LogP contribution < -0.4 is 15.0 Å². The first-order valence-corrected chi connectivity index (χ1v) is 44.9. The number of aliphatic hydroxyl groups excluding tert-OH is 1. The van der Waals surface area contributed by atoms with Gasteiger partial charge >= 0.3 is 0 Å². The predicted molar refractivity (Wildman–Crippen MR) is 394 cm³/mol. The van der Waals surface area contributed by atoms with Gasteiger partial charge in [-0.1, -0.05) is 112 Å². The van der Waals surface area contributed by atoms with Crippen LogP contribution in [0.15, 0.2) is 99.5 Å². The highest BCUT2D eigenvalue weighted by molar-refractivity contribution is 9.10. The number of likely N-dealkylation sites (tertiary alicyclic amines) is 1. The van der Waals surface area contributed by atoms with E-state index in [4.69, 9.17) is 29.5 Å². The molecule has 3 aliphatic carbocycles. The molecular weight excluding hydrogens is 1420 g/mol. The van der Waals surface area contributed by atoms with E-state index in [-0.39, 0.29) is 0 Å². The molecule has 10 aromatic rings. The van der Waals surface area contributed by atoms with Crippen LogP contribution in [0.1, 0.15) is 123 Å². The molecule has 0 radical (unpaired) electrons. The summed E-state index contributed by atoms with van der Waals surface area (Å²) in [5.74, 6) is 3.87. The molecule has 21 nitrogen and oxygen atoms in total. The van der Waals surface area contributed by atoms with E-state index in [1.54, 1.807) is 46.4 Å². The molecule has 2 N–H and O–H groups in total. The zero-order valence-corrected chi connectivity index (χ0v) is 62.8. The molecule has 10 aromatic heterocycles. The van der Waals surface area contributed by atoms with E-state index >= 15 is 0 Å². The van der Waals surface area contributed by atoms with Crippen molar-refractivity contribution in [2.24, 2.45) is 4.99 Å². The number of nitrogens with one attached hydrogen (secondary N) is 1. The second-order valence-electron chi connectivity index (χ2n) is 27.7. The summed E-state index contributed by atoms with van der Waals surface area (Å²) in [6.45, 7) is 19.9. The van der Waals surface area contributed by atoms with Crippen LogP contribution in [-0.4, -0.2) is 142 Å². The number of hydrogen-bond donors (Lipinski definition) is 2. The number of nitrogens with zero attached hydrogens (tertiary/aromatic N) is 17. The minimum Gasteiger partial charge on any atom is -0.390 e. The second-order valence-corrected chi connectivity index (χ2v) is 43.7. The summed E-state index contributed by atoms with van der Waals surface area (Å²) < 4.78 is 17.6. The minimum atomic E-state index is -1.14. The average molecular weight is 1500 g/mol. The number of aromatic nitrogens is 14. The van der Waals surface area contributed by atoms with Crippen LogP contribution >= 0.6 is 65.9 Å². The van der Waals surface area contributed by atoms with Crippen LogP contribution in [0.4, 0.5) is 27.7 Å². The molecule has 14 rings (SSSR count). The van der Waals surface area contributed by atoms with Crippen molar-refractivity contribution in [3.63, 3.8) is 0 Å². The second kappa shape index (κ2) is 32.3. The average Bonchev–Trinajstić information content (AvgIpc) is 1.88. The third-order valence-electron chi connectivity index (χ3n) is 17.5. The van der Waals surface area contributed by atoms with E-state index < -0.39 is 22.3 Å². The fourth-order valence-electron chi connectivity index (χ4n) is 12.2. The first kappa shape index (κ1) is 69.1. The number of pyridine rings is 6. The Morgan fingerprint density at radius 2 is 1.20 bits per heavy atom. The smallest absolute Gasteiger partial charge is 0.215 e. The van der Waals surface area contributed by atoms with Crippen molar-refractivity contribution in [1.29, 1.82) is 0 Å². The van der Waals surface area contributed by atoms with Crippen molar-refractivity contribution < 1.29 is 14.6 Å². The first-order valence-electron chi connectivity index (χ1n) is 33.5. The molecule has 95 heavy (non-hydrogen) atoms. The number of β-amino-alcohol motifs (C(OH)–C–C–N with tert-alkyl or cyclic N) is 1. The Kier molecular flexibility index (Phi) is 23.5. The molecule has 4 fully saturated rings. The molecule has 0 bridgehead atoms. The number of halogens is 2. The van der Waals surface area contributed by atoms with Gasteiger partial charge in [-0.15, -0.1) is 20.4 Å². The van der Waals surface area contributed by atoms with Gasteiger partial charge in [0.2, 0.25) is 15.1 Å². The maximum atomic E-state index is 10.5. The highest BCUT2D eigenvalue weighted by atomic mass is 79.9. The van der Waals surface area contributed by atoms with Gasteiger partial charge in [-0.2, -0.15) is 15.2 Å². The zero-order valence-electron chi connectivity index (χ0n) is 55.2. The van der Waals surface area contributed by atoms with Gasteiger partial charge in [-0.25, -0.2) is 19.6 Å². The molecule has 28 heteroatoms. The zero-order chi connectivity index (χ0) is 65.9. The lowest BCUT2D eigenvalue weighted by Gasteiger charge is -2.22. The van der Waals surface area contributed by atoms with Gasteiger partial charge in [-0.3, -0.25) is 24.5 Å². The van der Waals surface area contributed by atoms with Crippen molar-refractivity contribution in [2.45, 2.75) is 178 Å². The van der Waals surface area contributed by atoms with Gasteiger partial charge in [-0.05, 0) is 163 Å². The van der Waals surface area contributed by atoms with Crippen LogP contribution in [0.3, 0.4) is 0 Å². The van der Waals surface area contributed by atoms with Crippen molar-refractivity contribution in [2.75, 3.05) is 49.8 Å². The van der Waals surface area contributed by atoms with Gasteiger partial charge in [0.1, 0.15) is 40.1 Å². The van der Waals surface area contributed by atoms with Crippen molar-refractivity contribution in [3.05, 3.63) is 114 Å². The fourth-order valence-corrected chi connectivity index (χ4v) is 17.3. The lowest BCUT2D eigenvalue weighted by Crippen LogP contribution is -2.32. The summed E-state index contributed by atoms with van der Waals surface area (Å²) >= 11 is 11.9. The molecule has 1 aliphatic heterocycles. The van der Waals surface area contributed by atoms with Crippen LogP contribution in [0.25, 0.3) is 44.2 Å². The summed E-state index contributed by atoms with van der Waals surface area (Å²) in [7, 11) is -2.25. The SMILES string of the molecule is C[Si](C)(C)CCOCN(c1ccc2ncc(Br)cc2n1)c1nnc(C2CCCC2)s1.C[Si](C)(C)CCOCn1nc(C2CCCC2)sc1=Nc1ccc2ncc(Br)cc2n1.OC(CN1CCCC1)Cn1cc(-c2cnc3ccc(Nc4nnc(C5CCCC5)s4)nc3c2)cn1. The number of anilines is 4. The molecule has 502 valence electrons. The third-order valence-corrected chi connectivity index (χ3v) is 25.0. The predicted octanol–water partition coefficient (Wildman–Crippen LogP) is 16.4. The van der Waals surface area contributed by atoms with Crippen molar-refractivity contribution in [1.82, 2.24) is 74.8 Å². The fraction of sp³-hybridized carbons (Fsp3) is 0.507. The molecule has 1 atom stereocenters. The van der Waals surface area contributed by atoms with E-state index in [0.29, 0.717) is 50.1 Å². The Labute approximate surface area is 586 Å². The van der Waals surface area contributed by atoms with Gasteiger partial charge < -0.3 is 24.8 Å². The van der Waals surface area contributed by atoms with Crippen LogP contribution in [0, 0.1) is 0 Å². The molecule has 3 saturated carbocycles. The number of aliphatic hydroxyl groups is 1. The first-order chi connectivity index (χ1) is 46.0. The molecule has 11 heterocycles. The van der Waals surface area contributed by atoms with E-state index in [1.165, 1.54) is 94.9 Å². The number of rotatable bonds is 23. The standard InChI is InChI=1S/C25H30N8OS.2C21H28BrN5OSSi/c34-20(15-32-9-3-4-10-32)16-33-14-19(13-27-33)18-11-22-21(26-12-18)7-8-23(28-22)29-25-31-30-24(35-25)17-5-1-2-6-17;1-30(2,3)11-10-28-14-27(21-26-25-20(29-21)15-6-4-5-7-15)19-9-8-17-18(24-19)12-16(22)13-23-17;1-30(2,3)11-10-28-14-27-21(29-20(26-27)15-6-4-5-7-15)25-19-9-8-17-18(24-19)12-16(22)13-23-17/h7-8,11-14,17,20,34H,1-6,9-10,15-16H2,(H,28,29,31);2*8-9,12-13,15H,4-7,10-11,14H2,1-3H3. The van der Waals surface area contributed by atoms with E-state index in [9.17, 15) is 5.11 Å². The van der Waals surface area contributed by atoms with Crippen LogP contribution in [0.2, 0.25) is 51.4 Å². The van der Waals surface area contributed by atoms with Gasteiger partial charge in [0.05, 0.1) is 51.9 Å². The minimum absolute atomic E-state index is 0.420. The Balaban J connectivity index is 0.000000137. The molecule has 0 spiro atoms. The summed E-state index contributed by atoms with van der Waals surface area (Å²) in [6, 6.07) is 20.0. The molecule has 0 amide bonds. The number of hydrogen-bond acceptors (Lipinski definition) is 22. The summed E-state index contributed by atoms with van der Waals surface area (Å²) in [4.78, 5) is 37.7. The normalized spacial score (nSPS) is 16.5. The van der Waals surface area contributed by atoms with Gasteiger partial charge in [0, 0.05) is 98.5 Å². The molecule has 1 saturated heterocycles. The maximum Gasteiger partial charge on any atom is 0.215 e. The van der Waals surface area contributed by atoms with Crippen LogP contribution in [0.5, 0.6) is 0 Å². The topological polar surface area (TPSA) is 234 Å². The Hall–Kier alpha value is -5.80. The number of fused-ring (bicyclic) bond motifs is 3. The van der Waals surface area contributed by atoms with E-state index in [0.717, 1.165) is 128 Å². The maximum absolute atomic E-state index is 10.5. The van der Waals surface area contributed by atoms with Crippen LogP contribution in [-0.2, 0) is 22.7 Å². The Morgan fingerprint density at radius 3 is 1.87 bits per heavy atom. The number of ether oxygens (including phenoxy) is 2. The van der Waals surface area contributed by atoms with Crippen molar-refractivity contribution in [3.8, 4) is 11.1 Å². The van der Waals surface area contributed by atoms with E-state index in [1.807, 2.05) is 87.5 Å². The summed E-state index contributed by atoms with van der Waals surface area (Å²) in [6.07, 6.45) is 26.2. The van der Waals surface area contributed by atoms with Gasteiger partial charge in [0.15, 0.2) is 5.82 Å². The Bertz CT molecular complexity index is 4230. The molecular formula is C67H86Br2N18O3S3Si2. The van der Waals surface area contributed by atoms with Crippen molar-refractivity contribution >= 4 is 143 Å². The Morgan fingerprint density at radius 1 is 0.611 bits per heavy atom. The quantitative estimate of drug-likeness (QED) is 0.0344. The summed E-state index contributed by atoms with van der Waals surface area (Å²) in [5.41, 5.74) is 6.92. The largest absolute Gasteiger partial charge is 0.390 e. The lowest BCUT2D eigenvalue weighted by atomic mass is 10.1. The monoisotopic (exact) mass is 1500 g/mol. The highest BCUT2D eigenvalue weighted by Crippen LogP contribution is 2.40. The lowest BCUT2D eigenvalue weighted by molar-refractivity contribution is 0.0757. The highest BCUT2D eigenvalue weighted by Gasteiger charge is 2.27. The summed E-state index contributed by atoms with van der Waals surface area (Å²) in [5, 5.41) is 45.9. The molecule has 1 unspecified atom stereocenters. The molecule has 4 aliphatic rings. The molecule has 0 aromatic carbocycles. The third kappa shape index (κ3) is 19.5. The van der Waals surface area contributed by atoms with Gasteiger partial charge in [0.25, 0.3) is 0 Å².